The van der Waals surface area contributed by atoms with Crippen molar-refractivity contribution >= 4 is 11.7 Å². The van der Waals surface area contributed by atoms with Crippen molar-refractivity contribution in [1.82, 2.24) is 15.5 Å². The molecule has 1 N–H and O–H groups in total. The van der Waals surface area contributed by atoms with E-state index in [1.807, 2.05) is 43.3 Å². The third kappa shape index (κ3) is 4.47. The van der Waals surface area contributed by atoms with Crippen LogP contribution in [0, 0.1) is 6.92 Å². The van der Waals surface area contributed by atoms with E-state index in [9.17, 15) is 4.79 Å². The molecule has 1 aliphatic rings. The topological polar surface area (TPSA) is 67.3 Å². The SMILES string of the molecule is Cc1cccc(O[C@@H](C)C(=O)NC[C@@H]2CCCN2c2cccnn2)c1. The number of ether oxygens (including phenoxy) is 1. The van der Waals surface area contributed by atoms with Crippen LogP contribution in [0.15, 0.2) is 42.6 Å². The van der Waals surface area contributed by atoms with Gasteiger partial charge < -0.3 is 15.0 Å². The van der Waals surface area contributed by atoms with Gasteiger partial charge in [0, 0.05) is 25.3 Å². The zero-order chi connectivity index (χ0) is 17.6. The summed E-state index contributed by atoms with van der Waals surface area (Å²) in [5.41, 5.74) is 1.11. The molecule has 2 atom stereocenters. The van der Waals surface area contributed by atoms with E-state index in [0.717, 1.165) is 30.8 Å². The van der Waals surface area contributed by atoms with Gasteiger partial charge >= 0.3 is 0 Å². The van der Waals surface area contributed by atoms with Crippen LogP contribution in [0.3, 0.4) is 0 Å². The molecular weight excluding hydrogens is 316 g/mol. The fraction of sp³-hybridized carbons (Fsp3) is 0.421. The Hall–Kier alpha value is -2.63. The Morgan fingerprint density at radius 1 is 1.40 bits per heavy atom. The number of nitrogens with zero attached hydrogens (tertiary/aromatic N) is 3. The molecule has 1 amide bonds. The Morgan fingerprint density at radius 2 is 2.28 bits per heavy atom. The Kier molecular flexibility index (Phi) is 5.48. The highest BCUT2D eigenvalue weighted by Crippen LogP contribution is 2.22. The number of aromatic nitrogens is 2. The van der Waals surface area contributed by atoms with Crippen molar-refractivity contribution in [2.24, 2.45) is 0 Å². The molecule has 6 nitrogen and oxygen atoms in total. The highest BCUT2D eigenvalue weighted by molar-refractivity contribution is 5.80. The molecule has 2 aromatic rings. The lowest BCUT2D eigenvalue weighted by molar-refractivity contribution is -0.127. The lowest BCUT2D eigenvalue weighted by atomic mass is 10.2. The maximum absolute atomic E-state index is 12.3. The van der Waals surface area contributed by atoms with Gasteiger partial charge in [0.1, 0.15) is 5.75 Å². The lowest BCUT2D eigenvalue weighted by Crippen LogP contribution is -2.44. The first-order chi connectivity index (χ1) is 12.1. The summed E-state index contributed by atoms with van der Waals surface area (Å²) < 4.78 is 5.74. The average Bonchev–Trinajstić information content (AvgIpc) is 3.09. The van der Waals surface area contributed by atoms with Crippen LogP contribution in [0.5, 0.6) is 5.75 Å². The molecule has 1 aliphatic heterocycles. The molecule has 25 heavy (non-hydrogen) atoms. The number of benzene rings is 1. The van der Waals surface area contributed by atoms with E-state index in [1.165, 1.54) is 0 Å². The largest absolute Gasteiger partial charge is 0.481 e. The van der Waals surface area contributed by atoms with E-state index < -0.39 is 6.10 Å². The van der Waals surface area contributed by atoms with Crippen molar-refractivity contribution in [2.45, 2.75) is 38.8 Å². The van der Waals surface area contributed by atoms with E-state index in [2.05, 4.69) is 20.4 Å². The standard InChI is InChI=1S/C19H24N4O2/c1-14-6-3-8-17(12-14)25-15(2)19(24)20-13-16-7-5-11-23(16)18-9-4-10-21-22-18/h3-4,6,8-10,12,15-16H,5,7,11,13H2,1-2H3,(H,20,24)/t15-,16-/m0/s1. The molecular formula is C19H24N4O2. The summed E-state index contributed by atoms with van der Waals surface area (Å²) in [7, 11) is 0. The normalized spacial score (nSPS) is 18.0. The molecule has 1 saturated heterocycles. The Labute approximate surface area is 148 Å². The summed E-state index contributed by atoms with van der Waals surface area (Å²) in [5, 5.41) is 11.1. The van der Waals surface area contributed by atoms with Gasteiger partial charge in [0.15, 0.2) is 11.9 Å². The number of amides is 1. The van der Waals surface area contributed by atoms with Crippen LogP contribution in [-0.2, 0) is 4.79 Å². The number of anilines is 1. The summed E-state index contributed by atoms with van der Waals surface area (Å²) in [6.07, 6.45) is 3.25. The first kappa shape index (κ1) is 17.2. The number of rotatable bonds is 6. The Morgan fingerprint density at radius 3 is 3.04 bits per heavy atom. The van der Waals surface area contributed by atoms with Crippen molar-refractivity contribution in [3.05, 3.63) is 48.2 Å². The quantitative estimate of drug-likeness (QED) is 0.874. The van der Waals surface area contributed by atoms with Crippen LogP contribution >= 0.6 is 0 Å². The summed E-state index contributed by atoms with van der Waals surface area (Å²) in [6, 6.07) is 11.8. The van der Waals surface area contributed by atoms with Gasteiger partial charge in [-0.1, -0.05) is 12.1 Å². The minimum Gasteiger partial charge on any atom is -0.481 e. The average molecular weight is 340 g/mol. The number of nitrogens with one attached hydrogen (secondary N) is 1. The highest BCUT2D eigenvalue weighted by atomic mass is 16.5. The zero-order valence-electron chi connectivity index (χ0n) is 14.7. The summed E-state index contributed by atoms with van der Waals surface area (Å²) in [4.78, 5) is 14.6. The summed E-state index contributed by atoms with van der Waals surface area (Å²) in [6.45, 7) is 5.29. The van der Waals surface area contributed by atoms with E-state index >= 15 is 0 Å². The van der Waals surface area contributed by atoms with Crippen molar-refractivity contribution < 1.29 is 9.53 Å². The maximum atomic E-state index is 12.3. The third-order valence-electron chi connectivity index (χ3n) is 4.41. The molecule has 0 saturated carbocycles. The molecule has 6 heteroatoms. The highest BCUT2D eigenvalue weighted by Gasteiger charge is 2.27. The van der Waals surface area contributed by atoms with Crippen LogP contribution in [0.25, 0.3) is 0 Å². The number of hydrogen-bond acceptors (Lipinski definition) is 5. The number of carbonyl (C=O) groups excluding carboxylic acids is 1. The molecule has 0 radical (unpaired) electrons. The molecule has 0 aliphatic carbocycles. The van der Waals surface area contributed by atoms with Gasteiger partial charge in [-0.15, -0.1) is 5.10 Å². The predicted octanol–water partition coefficient (Wildman–Crippen LogP) is 2.34. The van der Waals surface area contributed by atoms with Gasteiger partial charge in [-0.3, -0.25) is 4.79 Å². The van der Waals surface area contributed by atoms with Crippen LogP contribution in [-0.4, -0.2) is 41.3 Å². The van der Waals surface area contributed by atoms with E-state index in [-0.39, 0.29) is 11.9 Å². The Balaban J connectivity index is 1.53. The van der Waals surface area contributed by atoms with Crippen LogP contribution in [0.2, 0.25) is 0 Å². The van der Waals surface area contributed by atoms with Crippen molar-refractivity contribution in [3.8, 4) is 5.75 Å². The molecule has 2 heterocycles. The number of aryl methyl sites for hydroxylation is 1. The van der Waals surface area contributed by atoms with Crippen molar-refractivity contribution in [1.29, 1.82) is 0 Å². The molecule has 1 aromatic heterocycles. The summed E-state index contributed by atoms with van der Waals surface area (Å²) in [5.74, 6) is 1.47. The fourth-order valence-electron chi connectivity index (χ4n) is 3.10. The molecule has 0 bridgehead atoms. The van der Waals surface area contributed by atoms with Crippen LogP contribution in [0.1, 0.15) is 25.3 Å². The monoisotopic (exact) mass is 340 g/mol. The predicted molar refractivity (Wildman–Crippen MR) is 96.7 cm³/mol. The number of hydrogen-bond donors (Lipinski definition) is 1. The molecule has 0 unspecified atom stereocenters. The smallest absolute Gasteiger partial charge is 0.260 e. The van der Waals surface area contributed by atoms with Gasteiger partial charge in [0.25, 0.3) is 5.91 Å². The fourth-order valence-corrected chi connectivity index (χ4v) is 3.10. The minimum absolute atomic E-state index is 0.104. The second kappa shape index (κ2) is 7.96. The summed E-state index contributed by atoms with van der Waals surface area (Å²) >= 11 is 0. The lowest BCUT2D eigenvalue weighted by Gasteiger charge is -2.26. The van der Waals surface area contributed by atoms with E-state index in [4.69, 9.17) is 4.74 Å². The molecule has 132 valence electrons. The van der Waals surface area contributed by atoms with Gasteiger partial charge in [-0.25, -0.2) is 0 Å². The molecule has 0 spiro atoms. The van der Waals surface area contributed by atoms with E-state index in [1.54, 1.807) is 13.1 Å². The van der Waals surface area contributed by atoms with Gasteiger partial charge in [0.05, 0.1) is 0 Å². The van der Waals surface area contributed by atoms with E-state index in [0.29, 0.717) is 12.3 Å². The van der Waals surface area contributed by atoms with Crippen molar-refractivity contribution in [2.75, 3.05) is 18.0 Å². The second-order valence-electron chi connectivity index (χ2n) is 6.39. The van der Waals surface area contributed by atoms with Crippen LogP contribution < -0.4 is 15.0 Å². The number of carbonyl (C=O) groups is 1. The van der Waals surface area contributed by atoms with Crippen molar-refractivity contribution in [3.63, 3.8) is 0 Å². The molecule has 3 rings (SSSR count). The van der Waals surface area contributed by atoms with Crippen LogP contribution in [0.4, 0.5) is 5.82 Å². The second-order valence-corrected chi connectivity index (χ2v) is 6.39. The first-order valence-electron chi connectivity index (χ1n) is 8.69. The third-order valence-corrected chi connectivity index (χ3v) is 4.41. The molecule has 1 aromatic carbocycles. The van der Waals surface area contributed by atoms with Gasteiger partial charge in [-0.05, 0) is 56.5 Å². The van der Waals surface area contributed by atoms with Gasteiger partial charge in [-0.2, -0.15) is 5.10 Å². The first-order valence-corrected chi connectivity index (χ1v) is 8.69. The minimum atomic E-state index is -0.534. The zero-order valence-corrected chi connectivity index (χ0v) is 14.7. The van der Waals surface area contributed by atoms with Gasteiger partial charge in [0.2, 0.25) is 0 Å². The Bertz CT molecular complexity index is 708. The molecule has 1 fully saturated rings. The maximum Gasteiger partial charge on any atom is 0.260 e.